The second-order valence-corrected chi connectivity index (χ2v) is 8.77. The summed E-state index contributed by atoms with van der Waals surface area (Å²) >= 11 is 0. The Balaban J connectivity index is 0.00000342. The monoisotopic (exact) mass is 496 g/mol. The van der Waals surface area contributed by atoms with Crippen LogP contribution in [0, 0.1) is 0 Å². The van der Waals surface area contributed by atoms with Gasteiger partial charge in [0.1, 0.15) is 0 Å². The highest BCUT2D eigenvalue weighted by molar-refractivity contribution is 5.86. The lowest BCUT2D eigenvalue weighted by atomic mass is 9.69. The van der Waals surface area contributed by atoms with Gasteiger partial charge in [-0.15, -0.1) is 12.4 Å². The summed E-state index contributed by atoms with van der Waals surface area (Å²) in [7, 11) is 1.44. The molecule has 1 fully saturated rings. The first-order chi connectivity index (χ1) is 16.4. The zero-order chi connectivity index (χ0) is 24.3. The SMILES string of the molecule is COc1cc(C(C(N)=O)c2ccnc(-c3cccc(C4(C(=O)O)CCCCC4)c3)c2)ccc1O.Cl. The summed E-state index contributed by atoms with van der Waals surface area (Å²) < 4.78 is 5.18. The first-order valence-electron chi connectivity index (χ1n) is 11.3. The summed E-state index contributed by atoms with van der Waals surface area (Å²) in [6.07, 6.45) is 5.67. The van der Waals surface area contributed by atoms with Crippen LogP contribution in [0.3, 0.4) is 0 Å². The lowest BCUT2D eigenvalue weighted by Crippen LogP contribution is -2.37. The second-order valence-electron chi connectivity index (χ2n) is 8.77. The standard InChI is InChI=1S/C27H28N2O5.ClH/c1-34-23-16-18(8-9-22(23)30)24(25(28)31)19-10-13-29-21(15-19)17-6-5-7-20(14-17)27(26(32)33)11-3-2-4-12-27;/h5-10,13-16,24,30H,2-4,11-12H2,1H3,(H2,28,31)(H,32,33);1H. The van der Waals surface area contributed by atoms with Crippen LogP contribution in [0.4, 0.5) is 0 Å². The van der Waals surface area contributed by atoms with Crippen LogP contribution in [0.25, 0.3) is 11.3 Å². The number of nitrogens with zero attached hydrogens (tertiary/aromatic N) is 1. The Morgan fingerprint density at radius 2 is 1.74 bits per heavy atom. The topological polar surface area (TPSA) is 123 Å². The maximum Gasteiger partial charge on any atom is 0.314 e. The maximum absolute atomic E-state index is 12.4. The van der Waals surface area contributed by atoms with Gasteiger partial charge in [0.15, 0.2) is 11.5 Å². The van der Waals surface area contributed by atoms with E-state index in [1.54, 1.807) is 30.5 Å². The lowest BCUT2D eigenvalue weighted by Gasteiger charge is -2.33. The summed E-state index contributed by atoms with van der Waals surface area (Å²) in [6.45, 7) is 0. The van der Waals surface area contributed by atoms with E-state index in [4.69, 9.17) is 10.5 Å². The molecule has 3 aromatic rings. The molecule has 0 radical (unpaired) electrons. The van der Waals surface area contributed by atoms with Crippen LogP contribution in [0.15, 0.2) is 60.8 Å². The van der Waals surface area contributed by atoms with Gasteiger partial charge >= 0.3 is 5.97 Å². The fourth-order valence-corrected chi connectivity index (χ4v) is 4.94. The summed E-state index contributed by atoms with van der Waals surface area (Å²) in [5.41, 5.74) is 8.27. The molecule has 0 saturated heterocycles. The highest BCUT2D eigenvalue weighted by atomic mass is 35.5. The number of hydrogen-bond donors (Lipinski definition) is 3. The molecule has 35 heavy (non-hydrogen) atoms. The average Bonchev–Trinajstić information content (AvgIpc) is 2.85. The van der Waals surface area contributed by atoms with Crippen molar-refractivity contribution in [2.75, 3.05) is 7.11 Å². The van der Waals surface area contributed by atoms with Gasteiger partial charge in [0.25, 0.3) is 0 Å². The van der Waals surface area contributed by atoms with Gasteiger partial charge in [-0.25, -0.2) is 0 Å². The Labute approximate surface area is 210 Å². The lowest BCUT2D eigenvalue weighted by molar-refractivity contribution is -0.145. The fourth-order valence-electron chi connectivity index (χ4n) is 4.94. The Hall–Kier alpha value is -3.58. The number of hydrogen-bond acceptors (Lipinski definition) is 5. The van der Waals surface area contributed by atoms with Gasteiger partial charge in [0.2, 0.25) is 5.91 Å². The van der Waals surface area contributed by atoms with Crippen molar-refractivity contribution < 1.29 is 24.5 Å². The third-order valence-corrected chi connectivity index (χ3v) is 6.77. The number of amides is 1. The molecule has 1 atom stereocenters. The van der Waals surface area contributed by atoms with Crippen LogP contribution in [-0.4, -0.2) is 34.2 Å². The van der Waals surface area contributed by atoms with E-state index >= 15 is 0 Å². The highest BCUT2D eigenvalue weighted by Gasteiger charge is 2.41. The van der Waals surface area contributed by atoms with Crippen molar-refractivity contribution in [2.24, 2.45) is 5.73 Å². The van der Waals surface area contributed by atoms with Crippen LogP contribution < -0.4 is 10.5 Å². The quantitative estimate of drug-likeness (QED) is 0.432. The summed E-state index contributed by atoms with van der Waals surface area (Å²) in [5, 5.41) is 20.0. The summed E-state index contributed by atoms with van der Waals surface area (Å²) in [6, 6.07) is 15.7. The first-order valence-corrected chi connectivity index (χ1v) is 11.3. The number of aromatic nitrogens is 1. The number of aromatic hydroxyl groups is 1. The maximum atomic E-state index is 12.4. The molecule has 0 bridgehead atoms. The zero-order valence-corrected chi connectivity index (χ0v) is 20.3. The Bertz CT molecular complexity index is 1220. The molecule has 1 amide bonds. The van der Waals surface area contributed by atoms with E-state index in [2.05, 4.69) is 4.98 Å². The molecule has 1 aliphatic carbocycles. The second kappa shape index (κ2) is 10.8. The predicted molar refractivity (Wildman–Crippen MR) is 135 cm³/mol. The minimum atomic E-state index is -0.885. The number of carboxylic acids is 1. The van der Waals surface area contributed by atoms with E-state index in [0.29, 0.717) is 29.7 Å². The molecule has 7 nitrogen and oxygen atoms in total. The van der Waals surface area contributed by atoms with Gasteiger partial charge in [-0.3, -0.25) is 14.6 Å². The molecule has 1 aliphatic rings. The zero-order valence-electron chi connectivity index (χ0n) is 19.4. The normalized spacial score (nSPS) is 15.5. The van der Waals surface area contributed by atoms with Crippen LogP contribution in [-0.2, 0) is 15.0 Å². The number of ether oxygens (including phenoxy) is 1. The fraction of sp³-hybridized carbons (Fsp3) is 0.296. The van der Waals surface area contributed by atoms with Crippen molar-refractivity contribution in [1.82, 2.24) is 4.98 Å². The summed E-state index contributed by atoms with van der Waals surface area (Å²) in [5.74, 6) is -1.90. The number of carbonyl (C=O) groups is 2. The average molecular weight is 497 g/mol. The minimum Gasteiger partial charge on any atom is -0.504 e. The Morgan fingerprint density at radius 3 is 2.40 bits per heavy atom. The number of carbonyl (C=O) groups excluding carboxylic acids is 1. The van der Waals surface area contributed by atoms with Crippen LogP contribution >= 0.6 is 12.4 Å². The van der Waals surface area contributed by atoms with Crippen molar-refractivity contribution in [3.8, 4) is 22.8 Å². The number of phenols is 1. The van der Waals surface area contributed by atoms with E-state index < -0.39 is 23.2 Å². The van der Waals surface area contributed by atoms with Crippen molar-refractivity contribution >= 4 is 24.3 Å². The molecule has 1 saturated carbocycles. The molecule has 4 rings (SSSR count). The number of primary amides is 1. The van der Waals surface area contributed by atoms with Crippen molar-refractivity contribution in [1.29, 1.82) is 0 Å². The van der Waals surface area contributed by atoms with Gasteiger partial charge in [0.05, 0.1) is 24.1 Å². The van der Waals surface area contributed by atoms with Crippen molar-refractivity contribution in [3.63, 3.8) is 0 Å². The number of methoxy groups -OCH3 is 1. The minimum absolute atomic E-state index is 0. The van der Waals surface area contributed by atoms with Crippen LogP contribution in [0.2, 0.25) is 0 Å². The molecule has 1 unspecified atom stereocenters. The molecular weight excluding hydrogens is 468 g/mol. The number of phenolic OH excluding ortho intramolecular Hbond substituents is 1. The number of nitrogens with two attached hydrogens (primary N) is 1. The Morgan fingerprint density at radius 1 is 1.03 bits per heavy atom. The molecule has 8 heteroatoms. The summed E-state index contributed by atoms with van der Waals surface area (Å²) in [4.78, 5) is 29.2. The number of benzene rings is 2. The van der Waals surface area contributed by atoms with E-state index in [-0.39, 0.29) is 23.9 Å². The largest absolute Gasteiger partial charge is 0.504 e. The molecular formula is C27H29ClN2O5. The highest BCUT2D eigenvalue weighted by Crippen LogP contribution is 2.41. The molecule has 2 aromatic carbocycles. The van der Waals surface area contributed by atoms with Gasteiger partial charge in [-0.05, 0) is 59.9 Å². The molecule has 4 N–H and O–H groups in total. The van der Waals surface area contributed by atoms with Gasteiger partial charge < -0.3 is 20.7 Å². The van der Waals surface area contributed by atoms with E-state index in [0.717, 1.165) is 30.4 Å². The van der Waals surface area contributed by atoms with Crippen molar-refractivity contribution in [3.05, 3.63) is 77.5 Å². The molecule has 1 aromatic heterocycles. The smallest absolute Gasteiger partial charge is 0.314 e. The predicted octanol–water partition coefficient (Wildman–Crippen LogP) is 4.79. The van der Waals surface area contributed by atoms with E-state index in [1.165, 1.54) is 13.2 Å². The van der Waals surface area contributed by atoms with Crippen LogP contribution in [0.5, 0.6) is 11.5 Å². The van der Waals surface area contributed by atoms with Crippen LogP contribution in [0.1, 0.15) is 54.7 Å². The number of halogens is 1. The van der Waals surface area contributed by atoms with E-state index in [9.17, 15) is 19.8 Å². The van der Waals surface area contributed by atoms with Gasteiger partial charge in [-0.2, -0.15) is 0 Å². The first kappa shape index (κ1) is 26.0. The van der Waals surface area contributed by atoms with E-state index in [1.807, 2.05) is 24.3 Å². The molecule has 0 spiro atoms. The molecule has 1 heterocycles. The third kappa shape index (κ3) is 5.10. The van der Waals surface area contributed by atoms with Gasteiger partial charge in [0, 0.05) is 11.8 Å². The number of rotatable bonds is 7. The number of pyridine rings is 1. The number of aliphatic carboxylic acids is 1. The van der Waals surface area contributed by atoms with Crippen molar-refractivity contribution in [2.45, 2.75) is 43.4 Å². The molecule has 0 aliphatic heterocycles. The Kier molecular flexibility index (Phi) is 8.02. The molecule has 184 valence electrons. The number of carboxylic acid groups (broad SMARTS) is 1. The van der Waals surface area contributed by atoms with Gasteiger partial charge in [-0.1, -0.05) is 43.5 Å². The third-order valence-electron chi connectivity index (χ3n) is 6.77.